The fraction of sp³-hybridized carbons (Fsp3) is 0.538. The first kappa shape index (κ1) is 14.8. The maximum atomic E-state index is 12.2. The highest BCUT2D eigenvalue weighted by Crippen LogP contribution is 2.27. The number of halogens is 2. The summed E-state index contributed by atoms with van der Waals surface area (Å²) < 4.78 is 1.92. The monoisotopic (exact) mass is 391 g/mol. The Hall–Kier alpha value is -0.620. The van der Waals surface area contributed by atoms with E-state index >= 15 is 0 Å². The summed E-state index contributed by atoms with van der Waals surface area (Å²) in [5.74, 6) is -0.526. The fourth-order valence-electron chi connectivity index (χ4n) is 2.64. The lowest BCUT2D eigenvalue weighted by Crippen LogP contribution is -2.29. The third-order valence-electron chi connectivity index (χ3n) is 3.63. The molecule has 1 saturated carbocycles. The minimum absolute atomic E-state index is 0.147. The maximum Gasteiger partial charge on any atom is 0.337 e. The van der Waals surface area contributed by atoms with Crippen molar-refractivity contribution in [2.24, 2.45) is 5.92 Å². The van der Waals surface area contributed by atoms with Crippen LogP contribution in [-0.2, 0) is 11.9 Å². The van der Waals surface area contributed by atoms with E-state index in [1.165, 1.54) is 18.9 Å². The second-order valence-electron chi connectivity index (χ2n) is 4.86. The molecule has 4 nitrogen and oxygen atoms in total. The second-order valence-corrected chi connectivity index (χ2v) is 6.27. The van der Waals surface area contributed by atoms with Gasteiger partial charge in [-0.3, -0.25) is 4.79 Å². The Bertz CT molecular complexity index is 548. The van der Waals surface area contributed by atoms with Crippen molar-refractivity contribution >= 4 is 37.8 Å². The predicted octanol–water partition coefficient (Wildman–Crippen LogP) is 3.39. The average Bonchev–Trinajstić information content (AvgIpc) is 2.87. The number of rotatable bonds is 4. The molecule has 19 heavy (non-hydrogen) atoms. The van der Waals surface area contributed by atoms with E-state index in [9.17, 15) is 14.7 Å². The molecule has 2 rings (SSSR count). The van der Waals surface area contributed by atoms with Gasteiger partial charge in [0, 0.05) is 17.6 Å². The number of pyridine rings is 1. The van der Waals surface area contributed by atoms with Gasteiger partial charge >= 0.3 is 5.97 Å². The molecule has 1 aromatic rings. The summed E-state index contributed by atoms with van der Waals surface area (Å²) in [6.45, 7) is 0.611. The van der Waals surface area contributed by atoms with E-state index in [1.54, 1.807) is 4.57 Å². The Morgan fingerprint density at radius 1 is 1.42 bits per heavy atom. The first-order valence-corrected chi connectivity index (χ1v) is 8.17. The van der Waals surface area contributed by atoms with Gasteiger partial charge < -0.3 is 9.67 Å². The third kappa shape index (κ3) is 3.11. The van der Waals surface area contributed by atoms with Crippen molar-refractivity contribution in [3.63, 3.8) is 0 Å². The normalized spacial score (nSPS) is 15.9. The van der Waals surface area contributed by atoms with Crippen LogP contribution in [0, 0.1) is 5.92 Å². The molecule has 0 spiro atoms. The minimum atomic E-state index is -1.00. The van der Waals surface area contributed by atoms with Gasteiger partial charge in [0.15, 0.2) is 0 Å². The Labute approximate surface area is 128 Å². The van der Waals surface area contributed by atoms with Crippen LogP contribution in [0.3, 0.4) is 0 Å². The average molecular weight is 393 g/mol. The number of carbonyl (C=O) groups is 1. The van der Waals surface area contributed by atoms with Crippen LogP contribution in [0.25, 0.3) is 0 Å². The Kier molecular flexibility index (Phi) is 4.84. The van der Waals surface area contributed by atoms with Gasteiger partial charge in [-0.15, -0.1) is 0 Å². The summed E-state index contributed by atoms with van der Waals surface area (Å²) in [4.78, 5) is 23.5. The van der Waals surface area contributed by atoms with Gasteiger partial charge in [-0.2, -0.15) is 0 Å². The first-order valence-electron chi connectivity index (χ1n) is 6.26. The van der Waals surface area contributed by atoms with Gasteiger partial charge in [0.1, 0.15) is 0 Å². The van der Waals surface area contributed by atoms with Gasteiger partial charge in [-0.1, -0.05) is 28.8 Å². The topological polar surface area (TPSA) is 59.3 Å². The number of hydrogen-bond donors (Lipinski definition) is 1. The van der Waals surface area contributed by atoms with E-state index in [0.29, 0.717) is 28.0 Å². The molecule has 1 fully saturated rings. The number of alkyl halides is 1. The SMILES string of the molecule is O=C(O)c1cc(Br)c(=O)n(CC2CCCC2)c1CBr. The fourth-order valence-corrected chi connectivity index (χ4v) is 3.69. The quantitative estimate of drug-likeness (QED) is 0.799. The van der Waals surface area contributed by atoms with E-state index in [0.717, 1.165) is 12.8 Å². The highest BCUT2D eigenvalue weighted by molar-refractivity contribution is 9.10. The molecule has 1 N–H and O–H groups in total. The summed E-state index contributed by atoms with van der Waals surface area (Å²) in [7, 11) is 0. The number of carboxylic acid groups (broad SMARTS) is 1. The van der Waals surface area contributed by atoms with Gasteiger partial charge in [0.05, 0.1) is 10.0 Å². The molecule has 0 aromatic carbocycles. The van der Waals surface area contributed by atoms with Gasteiger partial charge in [0.25, 0.3) is 5.56 Å². The molecule has 0 aliphatic heterocycles. The van der Waals surface area contributed by atoms with E-state index in [2.05, 4.69) is 31.9 Å². The summed E-state index contributed by atoms with van der Waals surface area (Å²) in [6, 6.07) is 1.40. The molecule has 0 unspecified atom stereocenters. The first-order chi connectivity index (χ1) is 9.04. The van der Waals surface area contributed by atoms with Gasteiger partial charge in [-0.25, -0.2) is 4.79 Å². The molecule has 0 saturated heterocycles. The zero-order valence-corrected chi connectivity index (χ0v) is 13.5. The van der Waals surface area contributed by atoms with Crippen LogP contribution in [0.1, 0.15) is 41.7 Å². The summed E-state index contributed by atoms with van der Waals surface area (Å²) >= 11 is 6.46. The molecule has 104 valence electrons. The molecule has 1 aromatic heterocycles. The largest absolute Gasteiger partial charge is 0.478 e. The Morgan fingerprint density at radius 2 is 2.05 bits per heavy atom. The van der Waals surface area contributed by atoms with Crippen LogP contribution in [0.4, 0.5) is 0 Å². The van der Waals surface area contributed by atoms with Gasteiger partial charge in [-0.05, 0) is 40.8 Å². The summed E-state index contributed by atoms with van der Waals surface area (Å²) in [6.07, 6.45) is 4.62. The highest BCUT2D eigenvalue weighted by Gasteiger charge is 2.21. The zero-order valence-electron chi connectivity index (χ0n) is 10.4. The lowest BCUT2D eigenvalue weighted by atomic mass is 10.1. The van der Waals surface area contributed by atoms with Crippen LogP contribution in [0.15, 0.2) is 15.3 Å². The second kappa shape index (κ2) is 6.22. The van der Waals surface area contributed by atoms with Crippen molar-refractivity contribution in [1.29, 1.82) is 0 Å². The Morgan fingerprint density at radius 3 is 2.58 bits per heavy atom. The van der Waals surface area contributed by atoms with E-state index < -0.39 is 5.97 Å². The lowest BCUT2D eigenvalue weighted by Gasteiger charge is -2.17. The molecule has 1 heterocycles. The smallest absolute Gasteiger partial charge is 0.337 e. The number of aromatic nitrogens is 1. The van der Waals surface area contributed by atoms with Crippen molar-refractivity contribution < 1.29 is 9.90 Å². The van der Waals surface area contributed by atoms with Crippen LogP contribution >= 0.6 is 31.9 Å². The van der Waals surface area contributed by atoms with Gasteiger partial charge in [0.2, 0.25) is 0 Å². The van der Waals surface area contributed by atoms with E-state index in [4.69, 9.17) is 0 Å². The molecular weight excluding hydrogens is 378 g/mol. The summed E-state index contributed by atoms with van der Waals surface area (Å²) in [5, 5.41) is 9.61. The number of carboxylic acids is 1. The minimum Gasteiger partial charge on any atom is -0.478 e. The molecule has 1 aliphatic carbocycles. The molecule has 0 radical (unpaired) electrons. The number of aromatic carboxylic acids is 1. The Balaban J connectivity index is 2.49. The molecule has 1 aliphatic rings. The zero-order chi connectivity index (χ0) is 14.0. The van der Waals surface area contributed by atoms with E-state index in [-0.39, 0.29) is 11.1 Å². The van der Waals surface area contributed by atoms with Crippen molar-refractivity contribution in [3.05, 3.63) is 32.2 Å². The third-order valence-corrected chi connectivity index (χ3v) is 4.73. The van der Waals surface area contributed by atoms with Crippen molar-refractivity contribution in [3.8, 4) is 0 Å². The maximum absolute atomic E-state index is 12.2. The predicted molar refractivity (Wildman–Crippen MR) is 80.0 cm³/mol. The summed E-state index contributed by atoms with van der Waals surface area (Å²) in [5.41, 5.74) is 0.584. The van der Waals surface area contributed by atoms with Crippen LogP contribution < -0.4 is 5.56 Å². The molecule has 0 bridgehead atoms. The molecule has 0 atom stereocenters. The molecule has 6 heteroatoms. The molecular formula is C13H15Br2NO3. The number of nitrogens with zero attached hydrogens (tertiary/aromatic N) is 1. The van der Waals surface area contributed by atoms with Crippen molar-refractivity contribution in [2.45, 2.75) is 37.6 Å². The number of hydrogen-bond acceptors (Lipinski definition) is 2. The van der Waals surface area contributed by atoms with Crippen molar-refractivity contribution in [1.82, 2.24) is 4.57 Å². The van der Waals surface area contributed by atoms with Crippen molar-refractivity contribution in [2.75, 3.05) is 0 Å². The van der Waals surface area contributed by atoms with E-state index in [1.807, 2.05) is 0 Å². The molecule has 0 amide bonds. The standard InChI is InChI=1S/C13H15Br2NO3/c14-6-11-9(13(18)19)5-10(15)12(17)16(11)7-8-3-1-2-4-8/h5,8H,1-4,6-7H2,(H,18,19). The van der Waals surface area contributed by atoms with Crippen LogP contribution in [-0.4, -0.2) is 15.6 Å². The highest BCUT2D eigenvalue weighted by atomic mass is 79.9. The van der Waals surface area contributed by atoms with Crippen LogP contribution in [0.2, 0.25) is 0 Å². The van der Waals surface area contributed by atoms with Crippen LogP contribution in [0.5, 0.6) is 0 Å². The lowest BCUT2D eigenvalue weighted by molar-refractivity contribution is 0.0694.